The fourth-order valence-electron chi connectivity index (χ4n) is 0.184. The van der Waals surface area contributed by atoms with E-state index < -0.39 is 16.2 Å². The van der Waals surface area contributed by atoms with E-state index in [1.54, 1.807) is 3.88 Å². The average molecular weight is 203 g/mol. The standard InChI is InChI=1S/C2H7N2.Mo.3O/c3-1-2-4;;;;/h3H,1-2,4H2;;;;/q-1;+1;;;. The first-order valence-electron chi connectivity index (χ1n) is 1.97. The van der Waals surface area contributed by atoms with E-state index in [-0.39, 0.29) is 13.1 Å². The normalized spacial score (nSPS) is 11.6. The molecule has 0 aliphatic rings. The zero-order valence-corrected chi connectivity index (χ0v) is 6.13. The Morgan fingerprint density at radius 1 is 1.38 bits per heavy atom. The van der Waals surface area contributed by atoms with Gasteiger partial charge < -0.3 is 0 Å². The van der Waals surface area contributed by atoms with Crippen LogP contribution >= 0.6 is 0 Å². The van der Waals surface area contributed by atoms with Crippen LogP contribution in [0.1, 0.15) is 0 Å². The molecule has 0 rings (SSSR count). The fraction of sp³-hybridized carbons (Fsp3) is 1.00. The van der Waals surface area contributed by atoms with Crippen LogP contribution in [0.4, 0.5) is 0 Å². The van der Waals surface area contributed by atoms with Gasteiger partial charge in [-0.3, -0.25) is 0 Å². The summed E-state index contributed by atoms with van der Waals surface area (Å²) in [5.41, 5.74) is 4.89. The van der Waals surface area contributed by atoms with Gasteiger partial charge in [-0.2, -0.15) is 0 Å². The van der Waals surface area contributed by atoms with E-state index in [2.05, 4.69) is 0 Å². The van der Waals surface area contributed by atoms with Crippen molar-refractivity contribution in [2.24, 2.45) is 5.73 Å². The number of nitrogens with two attached hydrogens (primary N) is 1. The summed E-state index contributed by atoms with van der Waals surface area (Å²) in [6, 6.07) is 0. The zero-order chi connectivity index (χ0) is 6.62. The van der Waals surface area contributed by atoms with Crippen LogP contribution in [-0.2, 0) is 26.4 Å². The summed E-state index contributed by atoms with van der Waals surface area (Å²) in [6.07, 6.45) is 0. The van der Waals surface area contributed by atoms with Gasteiger partial charge in [0, 0.05) is 0 Å². The monoisotopic (exact) mass is 205 g/mol. The van der Waals surface area contributed by atoms with Gasteiger partial charge in [0.25, 0.3) is 0 Å². The van der Waals surface area contributed by atoms with Crippen molar-refractivity contribution < 1.29 is 26.4 Å². The number of rotatable bonds is 3. The molecule has 0 saturated carbocycles. The summed E-state index contributed by atoms with van der Waals surface area (Å²) in [5, 5.41) is 0. The molecule has 0 aromatic carbocycles. The van der Waals surface area contributed by atoms with Gasteiger partial charge in [-0.25, -0.2) is 0 Å². The molecule has 0 aliphatic heterocycles. The molecular weight excluding hydrogens is 196 g/mol. The van der Waals surface area contributed by atoms with Crippen molar-refractivity contribution in [2.45, 2.75) is 0 Å². The Morgan fingerprint density at radius 3 is 2.00 bits per heavy atom. The summed E-state index contributed by atoms with van der Waals surface area (Å²) in [6.45, 7) is 0.220. The Labute approximate surface area is 49.7 Å². The molecular formula is C2H7MoN2O3. The maximum absolute atomic E-state index is 9.77. The van der Waals surface area contributed by atoms with Crippen molar-refractivity contribution in [3.63, 3.8) is 0 Å². The SMILES string of the molecule is NCC[NH][Mo](=[O])(=[O])=[O]. The van der Waals surface area contributed by atoms with Crippen molar-refractivity contribution in [1.29, 1.82) is 0 Å². The van der Waals surface area contributed by atoms with Crippen molar-refractivity contribution in [1.82, 2.24) is 3.88 Å². The molecule has 49 valence electrons. The first-order valence-corrected chi connectivity index (χ1v) is 5.43. The van der Waals surface area contributed by atoms with E-state index in [9.17, 15) is 10.2 Å². The Morgan fingerprint density at radius 2 is 1.88 bits per heavy atom. The van der Waals surface area contributed by atoms with E-state index >= 15 is 0 Å². The van der Waals surface area contributed by atoms with Crippen molar-refractivity contribution in [3.8, 4) is 0 Å². The first kappa shape index (κ1) is 8.01. The molecule has 0 radical (unpaired) electrons. The molecule has 0 aliphatic carbocycles. The van der Waals surface area contributed by atoms with Gasteiger partial charge in [0.05, 0.1) is 0 Å². The van der Waals surface area contributed by atoms with Crippen LogP contribution < -0.4 is 9.61 Å². The molecule has 0 aromatic rings. The van der Waals surface area contributed by atoms with Gasteiger partial charge in [0.15, 0.2) is 0 Å². The van der Waals surface area contributed by atoms with Gasteiger partial charge >= 0.3 is 49.1 Å². The zero-order valence-electron chi connectivity index (χ0n) is 4.12. The third-order valence-electron chi connectivity index (χ3n) is 0.423. The van der Waals surface area contributed by atoms with Gasteiger partial charge in [-0.1, -0.05) is 0 Å². The van der Waals surface area contributed by atoms with Crippen molar-refractivity contribution in [2.75, 3.05) is 13.1 Å². The van der Waals surface area contributed by atoms with Crippen LogP contribution in [-0.4, -0.2) is 13.1 Å². The van der Waals surface area contributed by atoms with Crippen LogP contribution in [0.15, 0.2) is 0 Å². The minimum atomic E-state index is -5.21. The maximum atomic E-state index is 9.77. The minimum absolute atomic E-state index is 0.0532. The van der Waals surface area contributed by atoms with Gasteiger partial charge in [-0.05, 0) is 0 Å². The Kier molecular flexibility index (Phi) is 3.12. The van der Waals surface area contributed by atoms with E-state index in [0.29, 0.717) is 0 Å². The van der Waals surface area contributed by atoms with Crippen LogP contribution in [0.25, 0.3) is 0 Å². The Bertz CT molecular complexity index is 172. The number of hydrogen-bond donors (Lipinski definition) is 2. The fourth-order valence-corrected chi connectivity index (χ4v) is 1.09. The molecule has 0 spiro atoms. The predicted octanol–water partition coefficient (Wildman–Crippen LogP) is -1.36. The molecule has 5 nitrogen and oxygen atoms in total. The second-order valence-corrected chi connectivity index (χ2v) is 4.08. The summed E-state index contributed by atoms with van der Waals surface area (Å²) in [4.78, 5) is 0. The topological polar surface area (TPSA) is 89.3 Å². The van der Waals surface area contributed by atoms with Crippen LogP contribution in [0.2, 0.25) is 0 Å². The summed E-state index contributed by atoms with van der Waals surface area (Å²) >= 11 is -5.21. The number of nitrogens with one attached hydrogen (secondary N) is 1. The third-order valence-corrected chi connectivity index (χ3v) is 1.79. The van der Waals surface area contributed by atoms with E-state index in [1.165, 1.54) is 0 Å². The van der Waals surface area contributed by atoms with Gasteiger partial charge in [0.1, 0.15) is 0 Å². The molecule has 3 N–H and O–H groups in total. The predicted molar refractivity (Wildman–Crippen MR) is 19.1 cm³/mol. The Hall–Kier alpha value is 0.00831. The van der Waals surface area contributed by atoms with Crippen LogP contribution in [0, 0.1) is 0 Å². The average Bonchev–Trinajstić information content (AvgIpc) is 1.59. The molecule has 0 fully saturated rings. The van der Waals surface area contributed by atoms with E-state index in [1.807, 2.05) is 0 Å². The molecule has 6 heteroatoms. The quantitative estimate of drug-likeness (QED) is 0.553. The summed E-state index contributed by atoms with van der Waals surface area (Å²) < 4.78 is 31.1. The molecule has 0 aromatic heterocycles. The first-order chi connectivity index (χ1) is 3.56. The molecule has 0 bridgehead atoms. The Balaban J connectivity index is 3.60. The molecule has 0 amide bonds. The van der Waals surface area contributed by atoms with Gasteiger partial charge in [-0.15, -0.1) is 0 Å². The van der Waals surface area contributed by atoms with Crippen molar-refractivity contribution in [3.05, 3.63) is 0 Å². The molecule has 0 unspecified atom stereocenters. The summed E-state index contributed by atoms with van der Waals surface area (Å²) in [5.74, 6) is 0. The number of hydrogen-bond acceptors (Lipinski definition) is 4. The van der Waals surface area contributed by atoms with Crippen LogP contribution in [0.3, 0.4) is 0 Å². The molecule has 0 saturated heterocycles. The van der Waals surface area contributed by atoms with Gasteiger partial charge in [0.2, 0.25) is 0 Å². The molecule has 8 heavy (non-hydrogen) atoms. The third kappa shape index (κ3) is 6.01. The molecule has 0 heterocycles. The second kappa shape index (κ2) is 3.12. The van der Waals surface area contributed by atoms with Crippen LogP contribution in [0.5, 0.6) is 0 Å². The molecule has 0 atom stereocenters. The second-order valence-electron chi connectivity index (χ2n) is 1.14. The van der Waals surface area contributed by atoms with E-state index in [4.69, 9.17) is 5.73 Å². The van der Waals surface area contributed by atoms with E-state index in [0.717, 1.165) is 0 Å². The summed E-state index contributed by atoms with van der Waals surface area (Å²) in [7, 11) is 0. The van der Waals surface area contributed by atoms with Crippen molar-refractivity contribution >= 4 is 0 Å².